The van der Waals surface area contributed by atoms with Gasteiger partial charge in [-0.25, -0.2) is 0 Å². The number of carbonyl (C=O) groups excluding carboxylic acids is 2. The van der Waals surface area contributed by atoms with E-state index >= 15 is 0 Å². The van der Waals surface area contributed by atoms with E-state index in [0.29, 0.717) is 40.7 Å². The van der Waals surface area contributed by atoms with Gasteiger partial charge >= 0.3 is 0 Å². The maximum Gasteiger partial charge on any atom is 0.248 e. The molecule has 1 aromatic heterocycles. The fraction of sp³-hybridized carbons (Fsp3) is 0.300. The zero-order chi connectivity index (χ0) is 19.6. The Labute approximate surface area is 166 Å². The Morgan fingerprint density at radius 1 is 1.22 bits per heavy atom. The quantitative estimate of drug-likeness (QED) is 0.726. The lowest BCUT2D eigenvalue weighted by Gasteiger charge is -2.34. The van der Waals surface area contributed by atoms with Gasteiger partial charge in [0.2, 0.25) is 11.8 Å². The summed E-state index contributed by atoms with van der Waals surface area (Å²) >= 11 is 3.21. The summed E-state index contributed by atoms with van der Waals surface area (Å²) in [4.78, 5) is 26.6. The van der Waals surface area contributed by atoms with Crippen molar-refractivity contribution in [3.8, 4) is 5.75 Å². The van der Waals surface area contributed by atoms with Crippen molar-refractivity contribution in [2.45, 2.75) is 20.8 Å². The summed E-state index contributed by atoms with van der Waals surface area (Å²) in [5.41, 5.74) is 0.743. The van der Waals surface area contributed by atoms with Gasteiger partial charge in [-0.15, -0.1) is 0 Å². The smallest absolute Gasteiger partial charge is 0.248 e. The lowest BCUT2D eigenvalue weighted by atomic mass is 9.94. The molecule has 2 amide bonds. The van der Waals surface area contributed by atoms with Crippen LogP contribution in [0.25, 0.3) is 6.08 Å². The van der Waals surface area contributed by atoms with Crippen LogP contribution in [0.2, 0.25) is 0 Å². The number of amides is 2. The van der Waals surface area contributed by atoms with Crippen LogP contribution in [0.4, 0.5) is 11.4 Å². The van der Waals surface area contributed by atoms with Crippen molar-refractivity contribution in [3.63, 3.8) is 0 Å². The molecule has 0 saturated carbocycles. The molecule has 0 spiro atoms. The molecular weight excluding hydrogens is 412 g/mol. The standard InChI is InChI=1S/C20H21BrN2O4/c1-20(2,3)19(25)23-10-11-26-16-7-4-13(12-15(16)23)22-18(24)9-6-14-5-8-17(21)27-14/h4-9,12H,10-11H2,1-3H3,(H,22,24)/b9-6+. The predicted molar refractivity (Wildman–Crippen MR) is 108 cm³/mol. The number of benzene rings is 1. The van der Waals surface area contributed by atoms with Gasteiger partial charge in [0.1, 0.15) is 18.1 Å². The summed E-state index contributed by atoms with van der Waals surface area (Å²) in [5.74, 6) is 0.914. The van der Waals surface area contributed by atoms with E-state index in [-0.39, 0.29) is 11.8 Å². The van der Waals surface area contributed by atoms with Crippen molar-refractivity contribution in [3.05, 3.63) is 46.8 Å². The molecule has 1 aromatic carbocycles. The third-order valence-corrected chi connectivity index (χ3v) is 4.40. The number of hydrogen-bond donors (Lipinski definition) is 1. The van der Waals surface area contributed by atoms with Crippen LogP contribution >= 0.6 is 15.9 Å². The fourth-order valence-corrected chi connectivity index (χ4v) is 2.99. The van der Waals surface area contributed by atoms with Crippen molar-refractivity contribution in [2.24, 2.45) is 5.41 Å². The van der Waals surface area contributed by atoms with Crippen molar-refractivity contribution in [1.29, 1.82) is 0 Å². The molecule has 0 atom stereocenters. The van der Waals surface area contributed by atoms with Crippen molar-refractivity contribution in [1.82, 2.24) is 0 Å². The molecule has 0 fully saturated rings. The topological polar surface area (TPSA) is 71.8 Å². The molecule has 142 valence electrons. The third kappa shape index (κ3) is 4.60. The van der Waals surface area contributed by atoms with Crippen LogP contribution < -0.4 is 15.0 Å². The largest absolute Gasteiger partial charge is 0.490 e. The minimum atomic E-state index is -0.506. The van der Waals surface area contributed by atoms with E-state index in [0.717, 1.165) is 0 Å². The molecular formula is C20H21BrN2O4. The van der Waals surface area contributed by atoms with Crippen LogP contribution in [0, 0.1) is 5.41 Å². The highest BCUT2D eigenvalue weighted by molar-refractivity contribution is 9.10. The molecule has 0 saturated heterocycles. The van der Waals surface area contributed by atoms with E-state index in [1.54, 1.807) is 41.3 Å². The highest BCUT2D eigenvalue weighted by atomic mass is 79.9. The number of rotatable bonds is 3. The number of nitrogens with one attached hydrogen (secondary N) is 1. The van der Waals surface area contributed by atoms with E-state index < -0.39 is 5.41 Å². The normalized spacial score (nSPS) is 14.0. The first-order chi connectivity index (χ1) is 12.7. The van der Waals surface area contributed by atoms with Gasteiger partial charge < -0.3 is 19.4 Å². The predicted octanol–water partition coefficient (Wildman–Crippen LogP) is 4.47. The van der Waals surface area contributed by atoms with Crippen LogP contribution in [0.1, 0.15) is 26.5 Å². The molecule has 0 bridgehead atoms. The zero-order valence-corrected chi connectivity index (χ0v) is 17.0. The summed E-state index contributed by atoms with van der Waals surface area (Å²) < 4.78 is 11.6. The van der Waals surface area contributed by atoms with E-state index in [1.165, 1.54) is 6.08 Å². The van der Waals surface area contributed by atoms with Crippen molar-refractivity contribution in [2.75, 3.05) is 23.4 Å². The van der Waals surface area contributed by atoms with Gasteiger partial charge in [-0.3, -0.25) is 9.59 Å². The Bertz CT molecular complexity index is 896. The van der Waals surface area contributed by atoms with Crippen molar-refractivity contribution < 1.29 is 18.7 Å². The van der Waals surface area contributed by atoms with Gasteiger partial charge in [-0.2, -0.15) is 0 Å². The molecule has 0 unspecified atom stereocenters. The summed E-state index contributed by atoms with van der Waals surface area (Å²) in [6.07, 6.45) is 2.97. The minimum absolute atomic E-state index is 0.0128. The molecule has 2 heterocycles. The highest BCUT2D eigenvalue weighted by Gasteiger charge is 2.31. The average Bonchev–Trinajstić information content (AvgIpc) is 3.03. The lowest BCUT2D eigenvalue weighted by Crippen LogP contribution is -2.44. The molecule has 1 aliphatic heterocycles. The lowest BCUT2D eigenvalue weighted by molar-refractivity contribution is -0.126. The van der Waals surface area contributed by atoms with Gasteiger partial charge in [0.05, 0.1) is 12.2 Å². The van der Waals surface area contributed by atoms with E-state index in [4.69, 9.17) is 9.15 Å². The van der Waals surface area contributed by atoms with Crippen LogP contribution in [-0.2, 0) is 9.59 Å². The molecule has 1 aliphatic rings. The second kappa shape index (κ2) is 7.60. The first kappa shape index (κ1) is 19.2. The minimum Gasteiger partial charge on any atom is -0.490 e. The number of nitrogens with zero attached hydrogens (tertiary/aromatic N) is 1. The zero-order valence-electron chi connectivity index (χ0n) is 15.4. The molecule has 0 aliphatic carbocycles. The maximum absolute atomic E-state index is 12.7. The molecule has 27 heavy (non-hydrogen) atoms. The number of furan rings is 1. The molecule has 2 aromatic rings. The van der Waals surface area contributed by atoms with Crippen LogP contribution in [0.5, 0.6) is 5.75 Å². The number of hydrogen-bond acceptors (Lipinski definition) is 4. The first-order valence-electron chi connectivity index (χ1n) is 8.57. The summed E-state index contributed by atoms with van der Waals surface area (Å²) in [5, 5.41) is 2.79. The van der Waals surface area contributed by atoms with Crippen molar-refractivity contribution >= 4 is 45.2 Å². The van der Waals surface area contributed by atoms with Gasteiger partial charge in [0.25, 0.3) is 0 Å². The first-order valence-corrected chi connectivity index (χ1v) is 9.36. The number of halogens is 1. The van der Waals surface area contributed by atoms with E-state index in [9.17, 15) is 9.59 Å². The summed E-state index contributed by atoms with van der Waals surface area (Å²) in [6.45, 7) is 6.57. The van der Waals surface area contributed by atoms with Gasteiger partial charge in [-0.05, 0) is 52.3 Å². The Balaban J connectivity index is 1.77. The molecule has 0 radical (unpaired) electrons. The highest BCUT2D eigenvalue weighted by Crippen LogP contribution is 2.36. The second-order valence-electron chi connectivity index (χ2n) is 7.20. The summed E-state index contributed by atoms with van der Waals surface area (Å²) in [6, 6.07) is 8.77. The fourth-order valence-electron chi connectivity index (χ4n) is 2.67. The Hall–Kier alpha value is -2.54. The van der Waals surface area contributed by atoms with Crippen LogP contribution in [0.15, 0.2) is 45.5 Å². The average molecular weight is 433 g/mol. The Morgan fingerprint density at radius 2 is 2.00 bits per heavy atom. The van der Waals surface area contributed by atoms with E-state index in [1.807, 2.05) is 20.8 Å². The number of ether oxygens (including phenoxy) is 1. The van der Waals surface area contributed by atoms with Crippen LogP contribution in [0.3, 0.4) is 0 Å². The number of carbonyl (C=O) groups is 2. The van der Waals surface area contributed by atoms with Gasteiger partial charge in [0.15, 0.2) is 4.67 Å². The Morgan fingerprint density at radius 3 is 2.67 bits per heavy atom. The Kier molecular flexibility index (Phi) is 5.41. The number of anilines is 2. The van der Waals surface area contributed by atoms with Crippen LogP contribution in [-0.4, -0.2) is 25.0 Å². The third-order valence-electron chi connectivity index (χ3n) is 3.97. The maximum atomic E-state index is 12.7. The summed E-state index contributed by atoms with van der Waals surface area (Å²) in [7, 11) is 0. The SMILES string of the molecule is CC(C)(C)C(=O)N1CCOc2ccc(NC(=O)/C=C/c3ccc(Br)o3)cc21. The van der Waals surface area contributed by atoms with Gasteiger partial charge in [-0.1, -0.05) is 20.8 Å². The monoisotopic (exact) mass is 432 g/mol. The van der Waals surface area contributed by atoms with Gasteiger partial charge in [0, 0.05) is 17.2 Å². The molecule has 1 N–H and O–H groups in total. The van der Waals surface area contributed by atoms with E-state index in [2.05, 4.69) is 21.2 Å². The number of fused-ring (bicyclic) bond motifs is 1. The second-order valence-corrected chi connectivity index (χ2v) is 7.98. The molecule has 7 heteroatoms. The molecule has 6 nitrogen and oxygen atoms in total. The molecule has 3 rings (SSSR count).